The van der Waals surface area contributed by atoms with Crippen molar-refractivity contribution in [1.29, 1.82) is 0 Å². The number of rotatable bonds is 13. The summed E-state index contributed by atoms with van der Waals surface area (Å²) in [6.07, 6.45) is 30.7. The minimum absolute atomic E-state index is 0.675. The number of carbonyl (C=O) groups is 1. The first kappa shape index (κ1) is 19.4. The van der Waals surface area contributed by atoms with E-state index in [4.69, 9.17) is 0 Å². The van der Waals surface area contributed by atoms with Crippen LogP contribution in [-0.2, 0) is 4.79 Å². The van der Waals surface area contributed by atoms with Gasteiger partial charge >= 0.3 is 0 Å². The predicted molar refractivity (Wildman–Crippen MR) is 94.4 cm³/mol. The summed E-state index contributed by atoms with van der Waals surface area (Å²) in [5.41, 5.74) is 0. The molecule has 0 unspecified atom stereocenters. The van der Waals surface area contributed by atoms with E-state index in [-0.39, 0.29) is 0 Å². The van der Waals surface area contributed by atoms with Crippen LogP contribution in [-0.4, -0.2) is 6.29 Å². The molecule has 116 valence electrons. The number of aldehydes is 1. The molecule has 0 N–H and O–H groups in total. The Morgan fingerprint density at radius 3 is 1.43 bits per heavy atom. The molecular formula is C20H30O. The average Bonchev–Trinajstić information content (AvgIpc) is 2.50. The molecular weight excluding hydrogens is 256 g/mol. The zero-order valence-corrected chi connectivity index (χ0v) is 13.4. The van der Waals surface area contributed by atoms with Gasteiger partial charge in [0.15, 0.2) is 0 Å². The van der Waals surface area contributed by atoms with E-state index in [1.54, 1.807) is 0 Å². The monoisotopic (exact) mass is 286 g/mol. The van der Waals surface area contributed by atoms with Gasteiger partial charge < -0.3 is 4.79 Å². The Bertz CT molecular complexity index is 356. The highest BCUT2D eigenvalue weighted by Gasteiger charge is 1.80. The van der Waals surface area contributed by atoms with Gasteiger partial charge in [0.25, 0.3) is 0 Å². The molecule has 0 heterocycles. The fraction of sp³-hybridized carbons (Fsp3) is 0.450. The van der Waals surface area contributed by atoms with Crippen LogP contribution >= 0.6 is 0 Å². The first-order valence-electron chi connectivity index (χ1n) is 8.10. The predicted octanol–water partition coefficient (Wildman–Crippen LogP) is 6.11. The van der Waals surface area contributed by atoms with Crippen molar-refractivity contribution < 1.29 is 4.79 Å². The van der Waals surface area contributed by atoms with Crippen molar-refractivity contribution in [1.82, 2.24) is 0 Å². The lowest BCUT2D eigenvalue weighted by Crippen LogP contribution is -1.73. The van der Waals surface area contributed by atoms with Gasteiger partial charge in [0, 0.05) is 6.42 Å². The fourth-order valence-electron chi connectivity index (χ4n) is 1.69. The third-order valence-electron chi connectivity index (χ3n) is 2.85. The summed E-state index contributed by atoms with van der Waals surface area (Å²) in [5, 5.41) is 0. The summed E-state index contributed by atoms with van der Waals surface area (Å²) >= 11 is 0. The molecule has 1 heteroatoms. The molecule has 0 radical (unpaired) electrons. The summed E-state index contributed by atoms with van der Waals surface area (Å²) < 4.78 is 0. The van der Waals surface area contributed by atoms with E-state index in [0.717, 1.165) is 51.2 Å². The Balaban J connectivity index is 3.43. The largest absolute Gasteiger partial charge is 0.303 e. The van der Waals surface area contributed by atoms with Gasteiger partial charge in [-0.2, -0.15) is 0 Å². The normalized spacial score (nSPS) is 12.8. The van der Waals surface area contributed by atoms with Crippen molar-refractivity contribution in [2.45, 2.75) is 58.3 Å². The second kappa shape index (κ2) is 18.4. The van der Waals surface area contributed by atoms with E-state index in [0.29, 0.717) is 6.42 Å². The first-order valence-corrected chi connectivity index (χ1v) is 8.10. The number of carbonyl (C=O) groups excluding carboxylic acids is 1. The highest BCUT2D eigenvalue weighted by Crippen LogP contribution is 1.97. The molecule has 0 aliphatic rings. The zero-order chi connectivity index (χ0) is 15.4. The van der Waals surface area contributed by atoms with Crippen LogP contribution in [0.2, 0.25) is 0 Å². The van der Waals surface area contributed by atoms with Crippen LogP contribution in [0.4, 0.5) is 0 Å². The van der Waals surface area contributed by atoms with Crippen LogP contribution in [0, 0.1) is 0 Å². The molecule has 0 aromatic rings. The molecule has 0 rings (SSSR count). The highest BCUT2D eigenvalue weighted by atomic mass is 16.1. The van der Waals surface area contributed by atoms with E-state index in [1.807, 2.05) is 0 Å². The Hall–Kier alpha value is -1.63. The second-order valence-corrected chi connectivity index (χ2v) is 4.81. The van der Waals surface area contributed by atoms with Crippen LogP contribution in [0.5, 0.6) is 0 Å². The second-order valence-electron chi connectivity index (χ2n) is 4.81. The summed E-state index contributed by atoms with van der Waals surface area (Å²) in [4.78, 5) is 10.1. The maximum atomic E-state index is 10.1. The van der Waals surface area contributed by atoms with E-state index in [1.165, 1.54) is 0 Å². The minimum atomic E-state index is 0.675. The lowest BCUT2D eigenvalue weighted by molar-refractivity contribution is -0.107. The van der Waals surface area contributed by atoms with Crippen molar-refractivity contribution >= 4 is 6.29 Å². The van der Waals surface area contributed by atoms with Gasteiger partial charge in [0.1, 0.15) is 6.29 Å². The Kier molecular flexibility index (Phi) is 16.9. The molecule has 0 atom stereocenters. The zero-order valence-electron chi connectivity index (χ0n) is 13.4. The van der Waals surface area contributed by atoms with Gasteiger partial charge in [0.2, 0.25) is 0 Å². The van der Waals surface area contributed by atoms with Crippen molar-refractivity contribution in [2.24, 2.45) is 0 Å². The smallest absolute Gasteiger partial charge is 0.120 e. The van der Waals surface area contributed by atoms with Gasteiger partial charge in [-0.15, -0.1) is 0 Å². The number of unbranched alkanes of at least 4 members (excludes halogenated alkanes) is 2. The van der Waals surface area contributed by atoms with Gasteiger partial charge in [-0.05, 0) is 44.9 Å². The SMILES string of the molecule is CC/C=C\C/C=C\C/C=C\C/C=C\C/C=C\CCCC=O. The molecule has 0 aromatic heterocycles. The van der Waals surface area contributed by atoms with Crippen molar-refractivity contribution in [3.63, 3.8) is 0 Å². The number of allylic oxidation sites excluding steroid dienone is 10. The van der Waals surface area contributed by atoms with Crippen LogP contribution in [0.3, 0.4) is 0 Å². The molecule has 0 aliphatic heterocycles. The molecule has 21 heavy (non-hydrogen) atoms. The van der Waals surface area contributed by atoms with Crippen LogP contribution in [0.15, 0.2) is 60.8 Å². The van der Waals surface area contributed by atoms with Crippen molar-refractivity contribution in [3.8, 4) is 0 Å². The molecule has 0 saturated carbocycles. The van der Waals surface area contributed by atoms with E-state index in [9.17, 15) is 4.79 Å². The summed E-state index contributed by atoms with van der Waals surface area (Å²) in [5.74, 6) is 0. The minimum Gasteiger partial charge on any atom is -0.303 e. The van der Waals surface area contributed by atoms with Crippen molar-refractivity contribution in [3.05, 3.63) is 60.8 Å². The maximum absolute atomic E-state index is 10.1. The quantitative estimate of drug-likeness (QED) is 0.227. The highest BCUT2D eigenvalue weighted by molar-refractivity contribution is 5.49. The Labute approximate surface area is 130 Å². The van der Waals surface area contributed by atoms with Gasteiger partial charge in [-0.3, -0.25) is 0 Å². The summed E-state index contributed by atoms with van der Waals surface area (Å²) in [6.45, 7) is 2.15. The van der Waals surface area contributed by atoms with Gasteiger partial charge in [-0.25, -0.2) is 0 Å². The molecule has 0 saturated heterocycles. The fourth-order valence-corrected chi connectivity index (χ4v) is 1.69. The molecule has 0 spiro atoms. The lowest BCUT2D eigenvalue weighted by atomic mass is 10.2. The van der Waals surface area contributed by atoms with Crippen LogP contribution in [0.25, 0.3) is 0 Å². The maximum Gasteiger partial charge on any atom is 0.120 e. The van der Waals surface area contributed by atoms with Crippen molar-refractivity contribution in [2.75, 3.05) is 0 Å². The average molecular weight is 286 g/mol. The summed E-state index contributed by atoms with van der Waals surface area (Å²) in [7, 11) is 0. The summed E-state index contributed by atoms with van der Waals surface area (Å²) in [6, 6.07) is 0. The van der Waals surface area contributed by atoms with Gasteiger partial charge in [0.05, 0.1) is 0 Å². The molecule has 0 aliphatic carbocycles. The Morgan fingerprint density at radius 2 is 1.00 bits per heavy atom. The van der Waals surface area contributed by atoms with Crippen LogP contribution < -0.4 is 0 Å². The van der Waals surface area contributed by atoms with E-state index in [2.05, 4.69) is 67.7 Å². The third kappa shape index (κ3) is 18.4. The van der Waals surface area contributed by atoms with E-state index < -0.39 is 0 Å². The molecule has 0 amide bonds. The number of hydrogen-bond acceptors (Lipinski definition) is 1. The number of hydrogen-bond donors (Lipinski definition) is 0. The van der Waals surface area contributed by atoms with Gasteiger partial charge in [-0.1, -0.05) is 67.7 Å². The molecule has 0 aromatic carbocycles. The topological polar surface area (TPSA) is 17.1 Å². The molecule has 0 fully saturated rings. The first-order chi connectivity index (χ1) is 10.4. The van der Waals surface area contributed by atoms with E-state index >= 15 is 0 Å². The molecule has 0 bridgehead atoms. The van der Waals surface area contributed by atoms with Crippen LogP contribution in [0.1, 0.15) is 58.3 Å². The molecule has 1 nitrogen and oxygen atoms in total. The third-order valence-corrected chi connectivity index (χ3v) is 2.85. The Morgan fingerprint density at radius 1 is 0.571 bits per heavy atom. The lowest BCUT2D eigenvalue weighted by Gasteiger charge is -1.87. The standard InChI is InChI=1S/C20H30O/c1-2-3-4-5-6-7-8-9-10-11-12-13-14-15-16-17-18-19-20-21/h3-4,6-7,9-10,12-13,15-16,20H,2,5,8,11,14,17-19H2,1H3/b4-3-,7-6-,10-9-,13-12-,16-15-.